The van der Waals surface area contributed by atoms with Gasteiger partial charge >= 0.3 is 0 Å². The van der Waals surface area contributed by atoms with Crippen LogP contribution in [0.25, 0.3) is 10.9 Å². The van der Waals surface area contributed by atoms with Crippen molar-refractivity contribution in [2.75, 3.05) is 28.4 Å². The highest BCUT2D eigenvalue weighted by Crippen LogP contribution is 2.39. The molecule has 0 unspecified atom stereocenters. The van der Waals surface area contributed by atoms with Crippen LogP contribution in [-0.2, 0) is 6.54 Å². The molecular formula is C25H30N2O6. The molecule has 0 saturated carbocycles. The number of hydrogen-bond acceptors (Lipinski definition) is 6. The first-order chi connectivity index (χ1) is 15.6. The van der Waals surface area contributed by atoms with Crippen LogP contribution in [0.3, 0.4) is 0 Å². The van der Waals surface area contributed by atoms with Crippen molar-refractivity contribution in [1.82, 2.24) is 9.88 Å². The number of carbonyl (C=O) groups excluding carboxylic acids is 1. The zero-order valence-electron chi connectivity index (χ0n) is 20.1. The lowest BCUT2D eigenvalue weighted by Gasteiger charge is -2.36. The molecule has 1 heterocycles. The van der Waals surface area contributed by atoms with Crippen molar-refractivity contribution in [3.8, 4) is 23.0 Å². The van der Waals surface area contributed by atoms with Gasteiger partial charge in [-0.05, 0) is 57.2 Å². The number of amides is 1. The Labute approximate surface area is 193 Å². The molecule has 0 bridgehead atoms. The molecule has 8 heteroatoms. The fourth-order valence-electron chi connectivity index (χ4n) is 3.62. The van der Waals surface area contributed by atoms with Crippen LogP contribution in [0.2, 0.25) is 0 Å². The minimum Gasteiger partial charge on any atom is -0.497 e. The van der Waals surface area contributed by atoms with Gasteiger partial charge in [0.1, 0.15) is 5.75 Å². The summed E-state index contributed by atoms with van der Waals surface area (Å²) in [6.07, 6.45) is 0. The van der Waals surface area contributed by atoms with E-state index in [1.807, 2.05) is 26.8 Å². The molecule has 8 nitrogen and oxygen atoms in total. The van der Waals surface area contributed by atoms with E-state index in [0.29, 0.717) is 39.6 Å². The summed E-state index contributed by atoms with van der Waals surface area (Å²) in [5.74, 6) is 1.57. The standard InChI is InChI=1S/C25H30N2O6/c1-25(2,3)27(24(29)16-12-20(31-5)22(33-7)21(13-16)32-6)14-17-10-15-11-18(30-4)8-9-19(15)26-23(17)28/h8-13H,14H2,1-7H3,(H,26,28). The number of aromatic amines is 1. The van der Waals surface area contributed by atoms with E-state index in [-0.39, 0.29) is 18.0 Å². The van der Waals surface area contributed by atoms with Gasteiger partial charge < -0.3 is 28.8 Å². The number of nitrogens with zero attached hydrogens (tertiary/aromatic N) is 1. The van der Waals surface area contributed by atoms with Crippen LogP contribution in [0.4, 0.5) is 0 Å². The fraction of sp³-hybridized carbons (Fsp3) is 0.360. The first-order valence-corrected chi connectivity index (χ1v) is 10.4. The zero-order valence-corrected chi connectivity index (χ0v) is 20.1. The molecule has 0 spiro atoms. The maximum Gasteiger partial charge on any atom is 0.254 e. The Bertz CT molecular complexity index is 1200. The minimum atomic E-state index is -0.576. The molecule has 3 rings (SSSR count). The lowest BCUT2D eigenvalue weighted by molar-refractivity contribution is 0.0557. The van der Waals surface area contributed by atoms with Crippen LogP contribution in [0.15, 0.2) is 41.2 Å². The van der Waals surface area contributed by atoms with Gasteiger partial charge in [0, 0.05) is 27.6 Å². The van der Waals surface area contributed by atoms with Crippen LogP contribution in [0, 0.1) is 0 Å². The Balaban J connectivity index is 2.06. The summed E-state index contributed by atoms with van der Waals surface area (Å²) in [4.78, 5) is 31.0. The van der Waals surface area contributed by atoms with Gasteiger partial charge in [-0.15, -0.1) is 0 Å². The Morgan fingerprint density at radius 1 is 0.909 bits per heavy atom. The van der Waals surface area contributed by atoms with Crippen molar-refractivity contribution in [3.63, 3.8) is 0 Å². The summed E-state index contributed by atoms with van der Waals surface area (Å²) < 4.78 is 21.5. The number of benzene rings is 2. The van der Waals surface area contributed by atoms with E-state index in [4.69, 9.17) is 18.9 Å². The molecule has 1 amide bonds. The normalized spacial score (nSPS) is 11.2. The van der Waals surface area contributed by atoms with Gasteiger partial charge in [0.2, 0.25) is 5.75 Å². The number of H-pyrrole nitrogens is 1. The molecule has 3 aromatic rings. The van der Waals surface area contributed by atoms with Gasteiger partial charge in [0.05, 0.1) is 35.0 Å². The van der Waals surface area contributed by atoms with Gasteiger partial charge in [0.25, 0.3) is 11.5 Å². The summed E-state index contributed by atoms with van der Waals surface area (Å²) >= 11 is 0. The molecule has 176 valence electrons. The van der Waals surface area contributed by atoms with Crippen molar-refractivity contribution in [3.05, 3.63) is 57.9 Å². The topological polar surface area (TPSA) is 90.1 Å². The van der Waals surface area contributed by atoms with Crippen molar-refractivity contribution >= 4 is 16.8 Å². The van der Waals surface area contributed by atoms with E-state index in [1.165, 1.54) is 21.3 Å². The average molecular weight is 455 g/mol. The first-order valence-electron chi connectivity index (χ1n) is 10.4. The molecule has 0 aliphatic heterocycles. The van der Waals surface area contributed by atoms with Gasteiger partial charge in [-0.1, -0.05) is 0 Å². The largest absolute Gasteiger partial charge is 0.497 e. The second-order valence-corrected chi connectivity index (χ2v) is 8.55. The van der Waals surface area contributed by atoms with E-state index in [1.54, 1.807) is 42.3 Å². The summed E-state index contributed by atoms with van der Waals surface area (Å²) in [6, 6.07) is 10.4. The molecule has 1 N–H and O–H groups in total. The Morgan fingerprint density at radius 3 is 2.06 bits per heavy atom. The van der Waals surface area contributed by atoms with Crippen molar-refractivity contribution in [2.24, 2.45) is 0 Å². The van der Waals surface area contributed by atoms with E-state index < -0.39 is 5.54 Å². The van der Waals surface area contributed by atoms with Crippen molar-refractivity contribution in [1.29, 1.82) is 0 Å². The smallest absolute Gasteiger partial charge is 0.254 e. The molecule has 0 saturated heterocycles. The molecule has 0 fully saturated rings. The number of aromatic nitrogens is 1. The van der Waals surface area contributed by atoms with Crippen molar-refractivity contribution in [2.45, 2.75) is 32.9 Å². The number of pyridine rings is 1. The molecule has 0 radical (unpaired) electrons. The van der Waals surface area contributed by atoms with Crippen LogP contribution in [0.1, 0.15) is 36.7 Å². The number of ether oxygens (including phenoxy) is 4. The number of nitrogens with one attached hydrogen (secondary N) is 1. The molecular weight excluding hydrogens is 424 g/mol. The third-order valence-corrected chi connectivity index (χ3v) is 5.42. The zero-order chi connectivity index (χ0) is 24.3. The monoisotopic (exact) mass is 454 g/mol. The second kappa shape index (κ2) is 9.44. The average Bonchev–Trinajstić information content (AvgIpc) is 2.79. The van der Waals surface area contributed by atoms with E-state index in [9.17, 15) is 9.59 Å². The van der Waals surface area contributed by atoms with Crippen LogP contribution >= 0.6 is 0 Å². The van der Waals surface area contributed by atoms with Crippen LogP contribution in [0.5, 0.6) is 23.0 Å². The summed E-state index contributed by atoms with van der Waals surface area (Å²) in [5, 5.41) is 0.818. The van der Waals surface area contributed by atoms with E-state index >= 15 is 0 Å². The number of fused-ring (bicyclic) bond motifs is 1. The second-order valence-electron chi connectivity index (χ2n) is 8.55. The number of methoxy groups -OCH3 is 4. The quantitative estimate of drug-likeness (QED) is 0.580. The highest BCUT2D eigenvalue weighted by atomic mass is 16.5. The van der Waals surface area contributed by atoms with Gasteiger partial charge in [-0.25, -0.2) is 0 Å². The number of rotatable bonds is 7. The maximum atomic E-state index is 13.6. The molecule has 2 aromatic carbocycles. The molecule has 1 aromatic heterocycles. The molecule has 33 heavy (non-hydrogen) atoms. The predicted octanol–water partition coefficient (Wildman–Crippen LogP) is 4.00. The number of hydrogen-bond donors (Lipinski definition) is 1. The molecule has 0 atom stereocenters. The predicted molar refractivity (Wildman–Crippen MR) is 127 cm³/mol. The lowest BCUT2D eigenvalue weighted by atomic mass is 10.0. The Kier molecular flexibility index (Phi) is 6.86. The maximum absolute atomic E-state index is 13.6. The van der Waals surface area contributed by atoms with Crippen LogP contribution < -0.4 is 24.5 Å². The fourth-order valence-corrected chi connectivity index (χ4v) is 3.62. The van der Waals surface area contributed by atoms with Crippen molar-refractivity contribution < 1.29 is 23.7 Å². The van der Waals surface area contributed by atoms with Gasteiger partial charge in [-0.3, -0.25) is 9.59 Å². The van der Waals surface area contributed by atoms with E-state index in [0.717, 1.165) is 5.39 Å². The number of carbonyl (C=O) groups is 1. The highest BCUT2D eigenvalue weighted by molar-refractivity contribution is 5.96. The first kappa shape index (κ1) is 24.0. The summed E-state index contributed by atoms with van der Waals surface area (Å²) in [6.45, 7) is 5.87. The van der Waals surface area contributed by atoms with E-state index in [2.05, 4.69) is 4.98 Å². The lowest BCUT2D eigenvalue weighted by Crippen LogP contribution is -2.46. The van der Waals surface area contributed by atoms with Gasteiger partial charge in [0.15, 0.2) is 11.5 Å². The third kappa shape index (κ3) is 4.89. The minimum absolute atomic E-state index is 0.113. The highest BCUT2D eigenvalue weighted by Gasteiger charge is 2.30. The summed E-state index contributed by atoms with van der Waals surface area (Å²) in [7, 11) is 6.08. The van der Waals surface area contributed by atoms with Gasteiger partial charge in [-0.2, -0.15) is 0 Å². The van der Waals surface area contributed by atoms with Crippen LogP contribution in [-0.4, -0.2) is 49.8 Å². The SMILES string of the molecule is COc1ccc2[nH]c(=O)c(CN(C(=O)c3cc(OC)c(OC)c(OC)c3)C(C)(C)C)cc2c1. The third-order valence-electron chi connectivity index (χ3n) is 5.42. The Morgan fingerprint density at radius 2 is 1.55 bits per heavy atom. The molecule has 0 aliphatic carbocycles. The Hall–Kier alpha value is -3.68. The summed E-state index contributed by atoms with van der Waals surface area (Å²) in [5.41, 5.74) is 0.694. The molecule has 0 aliphatic rings.